The number of carbonyl (C=O) groups excluding carboxylic acids is 1. The van der Waals surface area contributed by atoms with Crippen LogP contribution in [0.25, 0.3) is 0 Å². The number of rotatable bonds is 4. The van der Waals surface area contributed by atoms with E-state index in [-0.39, 0.29) is 5.91 Å². The van der Waals surface area contributed by atoms with E-state index in [1.165, 1.54) is 5.56 Å². The molecular formula is C19H26N2O2. The van der Waals surface area contributed by atoms with Crippen molar-refractivity contribution in [3.8, 4) is 5.75 Å². The number of fused-ring (bicyclic) bond motifs is 1. The zero-order chi connectivity index (χ0) is 16.1. The highest BCUT2D eigenvalue weighted by atomic mass is 16.5. The van der Waals surface area contributed by atoms with E-state index in [1.807, 2.05) is 24.3 Å². The maximum absolute atomic E-state index is 12.1. The van der Waals surface area contributed by atoms with E-state index < -0.39 is 0 Å². The summed E-state index contributed by atoms with van der Waals surface area (Å²) in [6, 6.07) is 5.94. The minimum atomic E-state index is -0.0494. The van der Waals surface area contributed by atoms with Crippen molar-refractivity contribution in [3.05, 3.63) is 35.9 Å². The van der Waals surface area contributed by atoms with Gasteiger partial charge in [-0.3, -0.25) is 4.79 Å². The lowest BCUT2D eigenvalue weighted by molar-refractivity contribution is -0.111. The van der Waals surface area contributed by atoms with Crippen molar-refractivity contribution in [2.24, 2.45) is 5.92 Å². The van der Waals surface area contributed by atoms with Crippen molar-refractivity contribution in [3.63, 3.8) is 0 Å². The lowest BCUT2D eigenvalue weighted by atomic mass is 9.98. The zero-order valence-corrected chi connectivity index (χ0v) is 13.8. The van der Waals surface area contributed by atoms with E-state index in [1.54, 1.807) is 6.08 Å². The Labute approximate surface area is 138 Å². The smallest absolute Gasteiger partial charge is 0.248 e. The van der Waals surface area contributed by atoms with E-state index in [0.29, 0.717) is 12.0 Å². The fourth-order valence-electron chi connectivity index (χ4n) is 3.25. The summed E-state index contributed by atoms with van der Waals surface area (Å²) in [5, 5.41) is 6.29. The van der Waals surface area contributed by atoms with Crippen LogP contribution in [0.3, 0.4) is 0 Å². The number of carbonyl (C=O) groups is 1. The van der Waals surface area contributed by atoms with E-state index in [2.05, 4.69) is 17.6 Å². The summed E-state index contributed by atoms with van der Waals surface area (Å²) in [7, 11) is 0. The fourth-order valence-corrected chi connectivity index (χ4v) is 3.25. The van der Waals surface area contributed by atoms with E-state index in [0.717, 1.165) is 56.6 Å². The van der Waals surface area contributed by atoms with Crippen LogP contribution in [0, 0.1) is 5.92 Å². The third-order valence-electron chi connectivity index (χ3n) is 4.72. The number of allylic oxidation sites excluding steroid dienone is 1. The quantitative estimate of drug-likeness (QED) is 0.839. The second-order valence-corrected chi connectivity index (χ2v) is 6.45. The molecule has 4 heteroatoms. The van der Waals surface area contributed by atoms with Crippen molar-refractivity contribution in [2.45, 2.75) is 45.1 Å². The molecule has 3 rings (SSSR count). The molecule has 1 atom stereocenters. The van der Waals surface area contributed by atoms with Crippen molar-refractivity contribution < 1.29 is 9.53 Å². The lowest BCUT2D eigenvalue weighted by Crippen LogP contribution is -2.27. The summed E-state index contributed by atoms with van der Waals surface area (Å²) in [6.45, 7) is 4.24. The highest BCUT2D eigenvalue weighted by molar-refractivity contribution is 5.99. The maximum atomic E-state index is 12.1. The third-order valence-corrected chi connectivity index (χ3v) is 4.72. The summed E-state index contributed by atoms with van der Waals surface area (Å²) in [5.74, 6) is 1.43. The number of nitrogens with one attached hydrogen (secondary N) is 2. The van der Waals surface area contributed by atoms with Gasteiger partial charge in [-0.1, -0.05) is 13.0 Å². The monoisotopic (exact) mass is 314 g/mol. The Morgan fingerprint density at radius 3 is 2.96 bits per heavy atom. The van der Waals surface area contributed by atoms with E-state index in [9.17, 15) is 4.79 Å². The summed E-state index contributed by atoms with van der Waals surface area (Å²) >= 11 is 0. The Hall–Kier alpha value is -1.81. The molecule has 2 N–H and O–H groups in total. The van der Waals surface area contributed by atoms with Crippen LogP contribution in [0.15, 0.2) is 30.4 Å². The normalized spacial score (nSPS) is 21.7. The van der Waals surface area contributed by atoms with Gasteiger partial charge in [0.1, 0.15) is 5.75 Å². The van der Waals surface area contributed by atoms with Gasteiger partial charge in [0.15, 0.2) is 0 Å². The van der Waals surface area contributed by atoms with Gasteiger partial charge in [-0.15, -0.1) is 0 Å². The Morgan fingerprint density at radius 1 is 1.35 bits per heavy atom. The van der Waals surface area contributed by atoms with Crippen LogP contribution in [-0.4, -0.2) is 25.1 Å². The Kier molecular flexibility index (Phi) is 5.34. The Balaban J connectivity index is 1.57. The topological polar surface area (TPSA) is 50.4 Å². The molecule has 0 aliphatic carbocycles. The van der Waals surface area contributed by atoms with Gasteiger partial charge in [0, 0.05) is 5.69 Å². The largest absolute Gasteiger partial charge is 0.490 e. The highest BCUT2D eigenvalue weighted by Gasteiger charge is 2.18. The Morgan fingerprint density at radius 2 is 2.17 bits per heavy atom. The van der Waals surface area contributed by atoms with Gasteiger partial charge >= 0.3 is 0 Å². The average Bonchev–Trinajstić information content (AvgIpc) is 2.60. The number of ether oxygens (including phenoxy) is 1. The molecule has 1 unspecified atom stereocenters. The maximum Gasteiger partial charge on any atom is 0.248 e. The second kappa shape index (κ2) is 7.64. The molecule has 1 aromatic rings. The SMILES string of the molecule is CCC1CCc2cc(NC(=O)/C=C/C3CCNCC3)ccc2O1. The molecule has 124 valence electrons. The van der Waals surface area contributed by atoms with Crippen LogP contribution in [-0.2, 0) is 11.2 Å². The summed E-state index contributed by atoms with van der Waals surface area (Å²) in [6.07, 6.45) is 9.38. The average molecular weight is 314 g/mol. The van der Waals surface area contributed by atoms with E-state index >= 15 is 0 Å². The minimum absolute atomic E-state index is 0.0494. The first-order valence-electron chi connectivity index (χ1n) is 8.74. The van der Waals surface area contributed by atoms with E-state index in [4.69, 9.17) is 4.74 Å². The van der Waals surface area contributed by atoms with Gasteiger partial charge in [-0.05, 0) is 81.0 Å². The predicted octanol–water partition coefficient (Wildman–Crippen LogP) is 3.28. The number of anilines is 1. The predicted molar refractivity (Wildman–Crippen MR) is 92.8 cm³/mol. The standard InChI is InChI=1S/C19H26N2O2/c1-2-17-6-4-15-13-16(5-7-18(15)23-17)21-19(22)8-3-14-9-11-20-12-10-14/h3,5,7-8,13-14,17,20H,2,4,6,9-12H2,1H3,(H,21,22)/b8-3+. The number of benzene rings is 1. The van der Waals surface area contributed by atoms with Crippen LogP contribution in [0.5, 0.6) is 5.75 Å². The number of amides is 1. The van der Waals surface area contributed by atoms with Gasteiger partial charge in [-0.2, -0.15) is 0 Å². The van der Waals surface area contributed by atoms with Crippen LogP contribution in [0.1, 0.15) is 38.2 Å². The number of hydrogen-bond acceptors (Lipinski definition) is 3. The molecule has 2 aliphatic heterocycles. The molecule has 1 aromatic carbocycles. The van der Waals surface area contributed by atoms with Crippen LogP contribution in [0.4, 0.5) is 5.69 Å². The molecule has 23 heavy (non-hydrogen) atoms. The van der Waals surface area contributed by atoms with Crippen molar-refractivity contribution in [1.29, 1.82) is 0 Å². The zero-order valence-electron chi connectivity index (χ0n) is 13.8. The minimum Gasteiger partial charge on any atom is -0.490 e. The van der Waals surface area contributed by atoms with Gasteiger partial charge in [0.25, 0.3) is 0 Å². The third kappa shape index (κ3) is 4.35. The molecule has 0 spiro atoms. The summed E-state index contributed by atoms with van der Waals surface area (Å²) < 4.78 is 5.94. The summed E-state index contributed by atoms with van der Waals surface area (Å²) in [4.78, 5) is 12.1. The van der Waals surface area contributed by atoms with Crippen molar-refractivity contribution in [1.82, 2.24) is 5.32 Å². The second-order valence-electron chi connectivity index (χ2n) is 6.45. The molecule has 4 nitrogen and oxygen atoms in total. The molecule has 0 bridgehead atoms. The van der Waals surface area contributed by atoms with Gasteiger partial charge in [0.2, 0.25) is 5.91 Å². The highest BCUT2D eigenvalue weighted by Crippen LogP contribution is 2.30. The first kappa shape index (κ1) is 16.1. The molecule has 2 heterocycles. The van der Waals surface area contributed by atoms with Crippen LogP contribution >= 0.6 is 0 Å². The number of piperidine rings is 1. The first-order chi connectivity index (χ1) is 11.2. The van der Waals surface area contributed by atoms with Crippen molar-refractivity contribution in [2.75, 3.05) is 18.4 Å². The number of aryl methyl sites for hydroxylation is 1. The van der Waals surface area contributed by atoms with Crippen LogP contribution < -0.4 is 15.4 Å². The molecule has 1 amide bonds. The first-order valence-corrected chi connectivity index (χ1v) is 8.74. The van der Waals surface area contributed by atoms with Gasteiger partial charge < -0.3 is 15.4 Å². The Bertz CT molecular complexity index is 577. The molecule has 2 aliphatic rings. The number of hydrogen-bond donors (Lipinski definition) is 2. The fraction of sp³-hybridized carbons (Fsp3) is 0.526. The lowest BCUT2D eigenvalue weighted by Gasteiger charge is -2.25. The molecule has 1 fully saturated rings. The molecule has 1 saturated heterocycles. The van der Waals surface area contributed by atoms with Gasteiger partial charge in [0.05, 0.1) is 6.10 Å². The molecule has 0 radical (unpaired) electrons. The summed E-state index contributed by atoms with van der Waals surface area (Å²) in [5.41, 5.74) is 2.04. The molecule has 0 aromatic heterocycles. The van der Waals surface area contributed by atoms with Gasteiger partial charge in [-0.25, -0.2) is 0 Å². The van der Waals surface area contributed by atoms with Crippen molar-refractivity contribution >= 4 is 11.6 Å². The molecule has 0 saturated carbocycles. The van der Waals surface area contributed by atoms with Crippen LogP contribution in [0.2, 0.25) is 0 Å². The molecular weight excluding hydrogens is 288 g/mol.